The Kier molecular flexibility index (Phi) is 5.10. The fraction of sp³-hybridized carbons (Fsp3) is 0.214. The second-order valence-electron chi connectivity index (χ2n) is 9.10. The molecule has 1 N–H and O–H groups in total. The van der Waals surface area contributed by atoms with E-state index in [1.54, 1.807) is 36.4 Å². The minimum Gasteiger partial charge on any atom is -0.507 e. The molecule has 3 aromatic carbocycles. The van der Waals surface area contributed by atoms with E-state index in [2.05, 4.69) is 13.8 Å². The van der Waals surface area contributed by atoms with E-state index in [1.165, 1.54) is 4.90 Å². The van der Waals surface area contributed by atoms with Crippen LogP contribution in [0, 0.1) is 0 Å². The summed E-state index contributed by atoms with van der Waals surface area (Å²) >= 11 is 0. The Bertz CT molecular complexity index is 1420. The van der Waals surface area contributed by atoms with Crippen molar-refractivity contribution in [2.24, 2.45) is 0 Å². The molecule has 0 bridgehead atoms. The summed E-state index contributed by atoms with van der Waals surface area (Å²) in [5.41, 5.74) is 2.62. The van der Waals surface area contributed by atoms with E-state index < -0.39 is 17.7 Å². The maximum Gasteiger partial charge on any atom is 0.300 e. The van der Waals surface area contributed by atoms with Crippen molar-refractivity contribution in [2.75, 3.05) is 18.5 Å². The number of rotatable bonds is 4. The number of benzene rings is 3. The number of hydrogen-bond acceptors (Lipinski definition) is 7. The highest BCUT2D eigenvalue weighted by molar-refractivity contribution is 6.51. The van der Waals surface area contributed by atoms with Crippen LogP contribution >= 0.6 is 0 Å². The summed E-state index contributed by atoms with van der Waals surface area (Å²) in [4.78, 5) is 28.2. The van der Waals surface area contributed by atoms with E-state index in [4.69, 9.17) is 18.9 Å². The Balaban J connectivity index is 1.52. The van der Waals surface area contributed by atoms with Gasteiger partial charge >= 0.3 is 0 Å². The molecule has 3 aliphatic heterocycles. The number of nitrogens with zero attached hydrogens (tertiary/aromatic N) is 1. The van der Waals surface area contributed by atoms with Gasteiger partial charge < -0.3 is 24.1 Å². The molecule has 3 aliphatic rings. The SMILES string of the molecule is CC(C)c1ccc(C2/C(=C(\O)c3ccc4c(c3)OCO4)C(=O)C(=O)N2c2ccc3c(c2)OCO3)cc1. The number of ether oxygens (including phenoxy) is 4. The fourth-order valence-corrected chi connectivity index (χ4v) is 4.71. The van der Waals surface area contributed by atoms with Gasteiger partial charge in [0.25, 0.3) is 11.7 Å². The summed E-state index contributed by atoms with van der Waals surface area (Å²) in [5, 5.41) is 11.4. The van der Waals surface area contributed by atoms with Gasteiger partial charge in [-0.2, -0.15) is 0 Å². The number of amides is 1. The van der Waals surface area contributed by atoms with Crippen LogP contribution < -0.4 is 23.8 Å². The largest absolute Gasteiger partial charge is 0.507 e. The summed E-state index contributed by atoms with van der Waals surface area (Å²) in [5.74, 6) is 0.568. The van der Waals surface area contributed by atoms with Gasteiger partial charge in [0.2, 0.25) is 13.6 Å². The quantitative estimate of drug-likeness (QED) is 0.319. The molecule has 1 saturated heterocycles. The van der Waals surface area contributed by atoms with Crippen LogP contribution in [-0.2, 0) is 9.59 Å². The van der Waals surface area contributed by atoms with Crippen LogP contribution in [0.15, 0.2) is 66.2 Å². The Morgan fingerprint density at radius 3 is 2.11 bits per heavy atom. The topological polar surface area (TPSA) is 94.5 Å². The van der Waals surface area contributed by atoms with Crippen LogP contribution in [0.2, 0.25) is 0 Å². The molecule has 3 aromatic rings. The van der Waals surface area contributed by atoms with Crippen molar-refractivity contribution in [3.63, 3.8) is 0 Å². The molecular formula is C28H23NO7. The summed E-state index contributed by atoms with van der Waals surface area (Å²) in [6.45, 7) is 4.35. The first-order valence-electron chi connectivity index (χ1n) is 11.6. The van der Waals surface area contributed by atoms with Gasteiger partial charge in [-0.3, -0.25) is 14.5 Å². The summed E-state index contributed by atoms with van der Waals surface area (Å²) in [7, 11) is 0. The summed E-state index contributed by atoms with van der Waals surface area (Å²) < 4.78 is 21.7. The lowest BCUT2D eigenvalue weighted by Crippen LogP contribution is -2.29. The van der Waals surface area contributed by atoms with Crippen LogP contribution in [0.5, 0.6) is 23.0 Å². The molecule has 8 nitrogen and oxygen atoms in total. The van der Waals surface area contributed by atoms with Crippen LogP contribution in [0.4, 0.5) is 5.69 Å². The standard InChI is InChI=1S/C28H23NO7/c1-15(2)16-3-5-17(6-4-16)25-24(26(30)18-7-9-20-22(11-18)35-13-33-20)27(31)28(32)29(25)19-8-10-21-23(12-19)36-14-34-21/h3-12,15,25,30H,13-14H2,1-2H3/b26-24+. The lowest BCUT2D eigenvalue weighted by atomic mass is 9.93. The molecule has 1 unspecified atom stereocenters. The molecule has 1 fully saturated rings. The molecule has 3 heterocycles. The highest BCUT2D eigenvalue weighted by Crippen LogP contribution is 2.45. The van der Waals surface area contributed by atoms with Gasteiger partial charge in [-0.15, -0.1) is 0 Å². The number of carbonyl (C=O) groups is 2. The van der Waals surface area contributed by atoms with E-state index in [0.29, 0.717) is 45.7 Å². The number of carbonyl (C=O) groups excluding carboxylic acids is 2. The molecule has 36 heavy (non-hydrogen) atoms. The van der Waals surface area contributed by atoms with Crippen LogP contribution in [0.3, 0.4) is 0 Å². The van der Waals surface area contributed by atoms with Crippen molar-refractivity contribution in [3.05, 3.63) is 82.9 Å². The maximum absolute atomic E-state index is 13.4. The van der Waals surface area contributed by atoms with Crippen molar-refractivity contribution in [1.29, 1.82) is 0 Å². The van der Waals surface area contributed by atoms with Crippen molar-refractivity contribution >= 4 is 23.1 Å². The molecule has 1 atom stereocenters. The lowest BCUT2D eigenvalue weighted by molar-refractivity contribution is -0.132. The van der Waals surface area contributed by atoms with Gasteiger partial charge in [-0.25, -0.2) is 0 Å². The van der Waals surface area contributed by atoms with Gasteiger partial charge in [0, 0.05) is 17.3 Å². The zero-order valence-corrected chi connectivity index (χ0v) is 19.7. The Morgan fingerprint density at radius 2 is 1.44 bits per heavy atom. The number of Topliss-reactive ketones (excluding diaryl/α,β-unsaturated/α-hetero) is 1. The van der Waals surface area contributed by atoms with E-state index in [1.807, 2.05) is 24.3 Å². The first kappa shape index (κ1) is 22.0. The lowest BCUT2D eigenvalue weighted by Gasteiger charge is -2.26. The predicted octanol–water partition coefficient (Wildman–Crippen LogP) is 4.89. The number of anilines is 1. The Morgan fingerprint density at radius 1 is 0.833 bits per heavy atom. The van der Waals surface area contributed by atoms with Crippen LogP contribution in [0.1, 0.15) is 42.5 Å². The van der Waals surface area contributed by atoms with Crippen LogP contribution in [0.25, 0.3) is 5.76 Å². The number of hydrogen-bond donors (Lipinski definition) is 1. The molecule has 0 radical (unpaired) electrons. The summed E-state index contributed by atoms with van der Waals surface area (Å²) in [6.07, 6.45) is 0. The van der Waals surface area contributed by atoms with Gasteiger partial charge in [0.05, 0.1) is 11.6 Å². The van der Waals surface area contributed by atoms with Crippen molar-refractivity contribution < 1.29 is 33.6 Å². The molecular weight excluding hydrogens is 462 g/mol. The molecule has 0 aromatic heterocycles. The predicted molar refractivity (Wildman–Crippen MR) is 130 cm³/mol. The minimum atomic E-state index is -0.850. The second kappa shape index (κ2) is 8.34. The van der Waals surface area contributed by atoms with Crippen LogP contribution in [-0.4, -0.2) is 30.4 Å². The van der Waals surface area contributed by atoms with Gasteiger partial charge in [0.1, 0.15) is 5.76 Å². The number of aliphatic hydroxyl groups excluding tert-OH is 1. The zero-order valence-electron chi connectivity index (χ0n) is 19.7. The maximum atomic E-state index is 13.4. The van der Waals surface area contributed by atoms with E-state index >= 15 is 0 Å². The highest BCUT2D eigenvalue weighted by Gasteiger charge is 2.47. The monoisotopic (exact) mass is 485 g/mol. The highest BCUT2D eigenvalue weighted by atomic mass is 16.7. The Hall–Kier alpha value is -4.46. The third kappa shape index (κ3) is 3.45. The van der Waals surface area contributed by atoms with Crippen molar-refractivity contribution in [3.8, 4) is 23.0 Å². The number of fused-ring (bicyclic) bond motifs is 2. The molecule has 0 spiro atoms. The molecule has 182 valence electrons. The molecule has 0 saturated carbocycles. The third-order valence-corrected chi connectivity index (χ3v) is 6.64. The van der Waals surface area contributed by atoms with E-state index in [-0.39, 0.29) is 24.9 Å². The number of aliphatic hydroxyl groups is 1. The minimum absolute atomic E-state index is 0.00571. The average Bonchev–Trinajstić information content (AvgIpc) is 3.61. The summed E-state index contributed by atoms with van der Waals surface area (Å²) in [6, 6.07) is 16.8. The normalized spacial score (nSPS) is 19.4. The van der Waals surface area contributed by atoms with Gasteiger partial charge in [-0.05, 0) is 47.4 Å². The second-order valence-corrected chi connectivity index (χ2v) is 9.10. The van der Waals surface area contributed by atoms with E-state index in [0.717, 1.165) is 5.56 Å². The molecule has 8 heteroatoms. The van der Waals surface area contributed by atoms with Crippen molar-refractivity contribution in [1.82, 2.24) is 0 Å². The third-order valence-electron chi connectivity index (χ3n) is 6.64. The molecule has 1 amide bonds. The zero-order chi connectivity index (χ0) is 25.0. The first-order valence-corrected chi connectivity index (χ1v) is 11.6. The first-order chi connectivity index (χ1) is 17.4. The van der Waals surface area contributed by atoms with E-state index in [9.17, 15) is 14.7 Å². The smallest absolute Gasteiger partial charge is 0.300 e. The van der Waals surface area contributed by atoms with Gasteiger partial charge in [-0.1, -0.05) is 38.1 Å². The van der Waals surface area contributed by atoms with Gasteiger partial charge in [0.15, 0.2) is 23.0 Å². The Labute approximate surface area is 207 Å². The number of ketones is 1. The average molecular weight is 485 g/mol. The molecule has 6 rings (SSSR count). The van der Waals surface area contributed by atoms with Crippen molar-refractivity contribution in [2.45, 2.75) is 25.8 Å². The fourth-order valence-electron chi connectivity index (χ4n) is 4.71. The molecule has 0 aliphatic carbocycles.